The van der Waals surface area contributed by atoms with Gasteiger partial charge in [-0.25, -0.2) is 0 Å². The zero-order valence-electron chi connectivity index (χ0n) is 41.7. The van der Waals surface area contributed by atoms with E-state index in [1.54, 1.807) is 0 Å². The predicted octanol–water partition coefficient (Wildman–Crippen LogP) is 17.3. The highest BCUT2D eigenvalue weighted by molar-refractivity contribution is 5.71. The van der Waals surface area contributed by atoms with Crippen molar-refractivity contribution in [1.29, 1.82) is 0 Å². The van der Waals surface area contributed by atoms with E-state index in [0.29, 0.717) is 12.8 Å². The lowest BCUT2D eigenvalue weighted by molar-refractivity contribution is -0.166. The summed E-state index contributed by atoms with van der Waals surface area (Å²) in [5.41, 5.74) is 0. The minimum atomic E-state index is -0.824. The van der Waals surface area contributed by atoms with Crippen LogP contribution < -0.4 is 0 Å². The molecule has 366 valence electrons. The number of hydrogen-bond acceptors (Lipinski definition) is 6. The molecule has 0 saturated carbocycles. The summed E-state index contributed by atoms with van der Waals surface area (Å²) in [6.07, 6.45) is 71.9. The van der Waals surface area contributed by atoms with Gasteiger partial charge in [0.1, 0.15) is 13.2 Å². The maximum absolute atomic E-state index is 12.8. The Balaban J connectivity index is 4.56. The van der Waals surface area contributed by atoms with Crippen molar-refractivity contribution in [2.75, 3.05) is 13.2 Å². The SMILES string of the molecule is CC/C=C\C/C=C\C/C=C\C/C=C\C/C=C\C/C=C\CCC(=O)OC[C@H](COC(=O)CCCCCCC/C=C\CCCCCC)OC(=O)CCCCCCC/C=C\C/C=C\C/C=C\CC. The molecule has 0 spiro atoms. The first-order valence-corrected chi connectivity index (χ1v) is 26.0. The normalized spacial score (nSPS) is 13.1. The molecule has 0 fully saturated rings. The van der Waals surface area contributed by atoms with Gasteiger partial charge < -0.3 is 14.2 Å². The number of carbonyl (C=O) groups is 3. The molecule has 6 heteroatoms. The molecule has 0 aromatic carbocycles. The van der Waals surface area contributed by atoms with E-state index in [0.717, 1.165) is 128 Å². The van der Waals surface area contributed by atoms with Crippen LogP contribution in [0.15, 0.2) is 122 Å². The van der Waals surface area contributed by atoms with E-state index in [2.05, 4.69) is 130 Å². The standard InChI is InChI=1S/C59H94O6/c1-4-7-10-13-16-19-22-25-27-28-29-30-32-34-37-40-43-46-49-52-58(61)64-55-56(54-63-57(60)51-48-45-42-39-36-33-24-21-18-15-12-9-6-3)65-59(62)53-50-47-44-41-38-35-31-26-23-20-17-14-11-8-5-2/h7-8,10-11,16-17,19-21,24-27,29-31,34,37,43,46,56H,4-6,9,12-15,18,22-23,28,32-33,35-36,38-42,44-45,47-55H2,1-3H3/b10-7-,11-8-,19-16-,20-17-,24-21-,27-25-,30-29-,31-26-,37-34-,46-43-/t56-/m0/s1. The highest BCUT2D eigenvalue weighted by Crippen LogP contribution is 2.12. The Morgan fingerprint density at radius 1 is 0.323 bits per heavy atom. The summed E-state index contributed by atoms with van der Waals surface area (Å²) in [7, 11) is 0. The van der Waals surface area contributed by atoms with Gasteiger partial charge in [0, 0.05) is 19.3 Å². The van der Waals surface area contributed by atoms with Crippen molar-refractivity contribution >= 4 is 17.9 Å². The molecule has 0 radical (unpaired) electrons. The molecule has 0 aliphatic carbocycles. The van der Waals surface area contributed by atoms with Crippen LogP contribution in [0.1, 0.15) is 213 Å². The summed E-state index contributed by atoms with van der Waals surface area (Å²) < 4.78 is 16.7. The van der Waals surface area contributed by atoms with Crippen molar-refractivity contribution in [3.05, 3.63) is 122 Å². The van der Waals surface area contributed by atoms with Gasteiger partial charge in [0.25, 0.3) is 0 Å². The minimum absolute atomic E-state index is 0.116. The fraction of sp³-hybridized carbons (Fsp3) is 0.610. The summed E-state index contributed by atoms with van der Waals surface area (Å²) in [5, 5.41) is 0. The van der Waals surface area contributed by atoms with Crippen LogP contribution in [0.4, 0.5) is 0 Å². The third kappa shape index (κ3) is 50.7. The number of rotatable bonds is 45. The lowest BCUT2D eigenvalue weighted by Gasteiger charge is -2.18. The first-order valence-electron chi connectivity index (χ1n) is 26.0. The maximum Gasteiger partial charge on any atom is 0.306 e. The Kier molecular flexibility index (Phi) is 49.1. The van der Waals surface area contributed by atoms with E-state index in [1.807, 2.05) is 12.2 Å². The number of ether oxygens (including phenoxy) is 3. The molecule has 6 nitrogen and oxygen atoms in total. The van der Waals surface area contributed by atoms with E-state index < -0.39 is 6.10 Å². The molecule has 0 unspecified atom stereocenters. The monoisotopic (exact) mass is 899 g/mol. The molecule has 0 aromatic rings. The molecule has 0 N–H and O–H groups in total. The van der Waals surface area contributed by atoms with Gasteiger partial charge in [0.2, 0.25) is 0 Å². The summed E-state index contributed by atoms with van der Waals surface area (Å²) in [4.78, 5) is 38.0. The lowest BCUT2D eigenvalue weighted by Crippen LogP contribution is -2.30. The molecule has 0 rings (SSSR count). The van der Waals surface area contributed by atoms with Crippen LogP contribution in [0.2, 0.25) is 0 Å². The average molecular weight is 899 g/mol. The molecular weight excluding hydrogens is 805 g/mol. The van der Waals surface area contributed by atoms with Gasteiger partial charge in [-0.3, -0.25) is 14.4 Å². The maximum atomic E-state index is 12.8. The molecule has 0 aliphatic rings. The van der Waals surface area contributed by atoms with Gasteiger partial charge in [0.15, 0.2) is 6.10 Å². The van der Waals surface area contributed by atoms with Crippen molar-refractivity contribution in [1.82, 2.24) is 0 Å². The Morgan fingerprint density at radius 2 is 0.631 bits per heavy atom. The largest absolute Gasteiger partial charge is 0.462 e. The van der Waals surface area contributed by atoms with Gasteiger partial charge in [0.05, 0.1) is 0 Å². The smallest absolute Gasteiger partial charge is 0.306 e. The van der Waals surface area contributed by atoms with E-state index in [1.165, 1.54) is 38.5 Å². The molecule has 65 heavy (non-hydrogen) atoms. The summed E-state index contributed by atoms with van der Waals surface area (Å²) in [6.45, 7) is 6.29. The van der Waals surface area contributed by atoms with E-state index in [-0.39, 0.29) is 44.0 Å². The molecule has 0 heterocycles. The van der Waals surface area contributed by atoms with Crippen LogP contribution in [-0.2, 0) is 28.6 Å². The number of esters is 3. The third-order valence-corrected chi connectivity index (χ3v) is 10.4. The molecule has 1 atom stereocenters. The third-order valence-electron chi connectivity index (χ3n) is 10.4. The minimum Gasteiger partial charge on any atom is -0.462 e. The molecule has 0 aromatic heterocycles. The summed E-state index contributed by atoms with van der Waals surface area (Å²) in [6, 6.07) is 0. The first kappa shape index (κ1) is 60.8. The van der Waals surface area contributed by atoms with Gasteiger partial charge >= 0.3 is 17.9 Å². The Labute approximate surface area is 399 Å². The van der Waals surface area contributed by atoms with Crippen molar-refractivity contribution < 1.29 is 28.6 Å². The van der Waals surface area contributed by atoms with Crippen LogP contribution in [0.3, 0.4) is 0 Å². The Hall–Kier alpha value is -4.19. The van der Waals surface area contributed by atoms with E-state index >= 15 is 0 Å². The van der Waals surface area contributed by atoms with E-state index in [4.69, 9.17) is 14.2 Å². The quantitative estimate of drug-likeness (QED) is 0.0262. The zero-order valence-corrected chi connectivity index (χ0v) is 41.7. The lowest BCUT2D eigenvalue weighted by atomic mass is 10.1. The van der Waals surface area contributed by atoms with Crippen LogP contribution in [0.5, 0.6) is 0 Å². The van der Waals surface area contributed by atoms with Crippen LogP contribution in [0.25, 0.3) is 0 Å². The van der Waals surface area contributed by atoms with Crippen LogP contribution in [0, 0.1) is 0 Å². The average Bonchev–Trinajstić information content (AvgIpc) is 3.30. The number of unbranched alkanes of at least 4 members (excludes halogenated alkanes) is 14. The predicted molar refractivity (Wildman–Crippen MR) is 279 cm³/mol. The van der Waals surface area contributed by atoms with Crippen molar-refractivity contribution in [3.63, 3.8) is 0 Å². The molecule has 0 saturated heterocycles. The number of carbonyl (C=O) groups excluding carboxylic acids is 3. The number of hydrogen-bond donors (Lipinski definition) is 0. The van der Waals surface area contributed by atoms with Gasteiger partial charge in [-0.2, -0.15) is 0 Å². The van der Waals surface area contributed by atoms with Crippen LogP contribution in [-0.4, -0.2) is 37.2 Å². The van der Waals surface area contributed by atoms with E-state index in [9.17, 15) is 14.4 Å². The Bertz CT molecular complexity index is 1400. The highest BCUT2D eigenvalue weighted by Gasteiger charge is 2.19. The highest BCUT2D eigenvalue weighted by atomic mass is 16.6. The van der Waals surface area contributed by atoms with Crippen molar-refractivity contribution in [2.45, 2.75) is 219 Å². The zero-order chi connectivity index (χ0) is 47.2. The van der Waals surface area contributed by atoms with Crippen LogP contribution >= 0.6 is 0 Å². The van der Waals surface area contributed by atoms with Gasteiger partial charge in [-0.15, -0.1) is 0 Å². The number of allylic oxidation sites excluding steroid dienone is 20. The van der Waals surface area contributed by atoms with Crippen molar-refractivity contribution in [2.24, 2.45) is 0 Å². The van der Waals surface area contributed by atoms with Crippen molar-refractivity contribution in [3.8, 4) is 0 Å². The molecule has 0 amide bonds. The second-order valence-corrected chi connectivity index (χ2v) is 16.7. The van der Waals surface area contributed by atoms with Gasteiger partial charge in [-0.05, 0) is 116 Å². The molecule has 0 aliphatic heterocycles. The fourth-order valence-corrected chi connectivity index (χ4v) is 6.59. The Morgan fingerprint density at radius 3 is 1.05 bits per heavy atom. The second kappa shape index (κ2) is 52.4. The van der Waals surface area contributed by atoms with Gasteiger partial charge in [-0.1, -0.05) is 200 Å². The summed E-state index contributed by atoms with van der Waals surface area (Å²) >= 11 is 0. The topological polar surface area (TPSA) is 78.9 Å². The second-order valence-electron chi connectivity index (χ2n) is 16.7. The molecular formula is C59H94O6. The fourth-order valence-electron chi connectivity index (χ4n) is 6.59. The molecule has 0 bridgehead atoms. The summed E-state index contributed by atoms with van der Waals surface area (Å²) in [5.74, 6) is -1.04. The first-order chi connectivity index (χ1) is 32.0.